The monoisotopic (exact) mass is 1890 g/mol. The van der Waals surface area contributed by atoms with Gasteiger partial charge in [-0.2, -0.15) is 0 Å². The minimum absolute atomic E-state index is 0.0487. The maximum atomic E-state index is 12.6. The van der Waals surface area contributed by atoms with Gasteiger partial charge in [-0.15, -0.1) is 0 Å². The van der Waals surface area contributed by atoms with E-state index in [0.717, 1.165) is 154 Å². The number of amides is 9. The molecule has 8 saturated heterocycles. The number of nitrogens with two attached hydrogens (primary N) is 1. The lowest BCUT2D eigenvalue weighted by atomic mass is 10.1. The van der Waals surface area contributed by atoms with Crippen LogP contribution in [-0.2, 0) is 71.6 Å². The summed E-state index contributed by atoms with van der Waals surface area (Å²) in [7, 11) is 14.3. The van der Waals surface area contributed by atoms with Crippen molar-refractivity contribution in [3.63, 3.8) is 0 Å². The molecule has 10 rings (SSSR count). The van der Waals surface area contributed by atoms with Gasteiger partial charge in [0.1, 0.15) is 46.8 Å². The number of nitrogens with one attached hydrogen (secondary N) is 1. The minimum Gasteiger partial charge on any atom is -0.480 e. The number of likely N-dealkylation sites (tertiary alicyclic amines) is 5. The van der Waals surface area contributed by atoms with E-state index >= 15 is 0 Å². The molecule has 8 aliphatic heterocycles. The van der Waals surface area contributed by atoms with E-state index in [1.807, 2.05) is 44.7 Å². The number of carboxylic acids is 2. The first kappa shape index (κ1) is 113. The van der Waals surface area contributed by atoms with E-state index in [1.165, 1.54) is 42.4 Å². The highest BCUT2D eigenvalue weighted by atomic mass is 79.9. The number of likely N-dealkylation sites (N-methyl/N-ethyl adjacent to an activating group) is 1. The number of alkyl halides is 1. The molecule has 2 aliphatic carbocycles. The average Bonchev–Trinajstić information content (AvgIpc) is 1.69. The Balaban J connectivity index is 0.000000477. The molecular weight excluding hydrogens is 1740 g/mol. The third kappa shape index (κ3) is 47.1. The predicted octanol–water partition coefficient (Wildman–Crippen LogP) is 12.5. The fourth-order valence-electron chi connectivity index (χ4n) is 13.9. The summed E-state index contributed by atoms with van der Waals surface area (Å²) in [5.74, 6) is 1.62. The van der Waals surface area contributed by atoms with Gasteiger partial charge >= 0.3 is 30.2 Å². The Labute approximate surface area is 758 Å². The Morgan fingerprint density at radius 2 is 0.730 bits per heavy atom. The maximum Gasteiger partial charge on any atom is 0.411 e. The molecule has 5 N–H and O–H groups in total. The zero-order chi connectivity index (χ0) is 92.3. The van der Waals surface area contributed by atoms with Crippen LogP contribution in [0.15, 0.2) is 0 Å². The van der Waals surface area contributed by atoms with E-state index in [-0.39, 0.29) is 63.1 Å². The van der Waals surface area contributed by atoms with E-state index < -0.39 is 53.0 Å². The number of carboxylic acid groups (broad SMARTS) is 2. The smallest absolute Gasteiger partial charge is 0.411 e. The highest BCUT2D eigenvalue weighted by Gasteiger charge is 2.41. The molecule has 0 aromatic carbocycles. The predicted molar refractivity (Wildman–Crippen MR) is 493 cm³/mol. The van der Waals surface area contributed by atoms with Gasteiger partial charge in [-0.3, -0.25) is 48.3 Å². The molecule has 37 heteroatoms. The standard InChI is InChI=1S/C16H28N2O3S2.C14H26N2O2S2.C10H18N2O2S.2C10H17NO4.C10H17NO2.C8H15NO.C4H9NO.C3H5BrO/c1-16(2,3)23-22-12-6-14(19)18-7-4-5-13(18)15(20)17-8-10-21-11-9-17;1-14(2,3)20-19-10-8-12(17)16-9-6-7-11(16)13(18)15(4)5;1-10(2,3)14-9(13)12-6-4-5-7(12)8(11)15;2*1-10(2,3)15-9(14)11-6-4-5-7(11)8(12)13;12-10(9-3-1-2-4-9)11-5-7-13-8-6-11;1-9(2)8(10)7-5-3-4-6-7;1-3-6-4-2-5-1;1-3(5)2-4/h13H,4-12H2,1-3H3;11H,6-10H2,1-5H3;7H,4-6H2,1-3H3,(H2,11,15);2*7H,4-6H2,1-3H3,(H,12,13);9H,1-8H2;7H,3-6H2,1-2H3;5H,1-4H2;2H2,1H3/t13-;11-;3*7-;;;;/m00000..../s1. The molecule has 0 aromatic rings. The highest BCUT2D eigenvalue weighted by molar-refractivity contribution is 9.09. The number of ketones is 1. The zero-order valence-electron chi connectivity index (χ0n) is 77.1. The van der Waals surface area contributed by atoms with Gasteiger partial charge in [-0.1, -0.05) is 139 Å². The number of carbonyl (C=O) groups excluding carboxylic acids is 10. The number of morpholine rings is 3. The molecule has 704 valence electrons. The Hall–Kier alpha value is -5.15. The zero-order valence-corrected chi connectivity index (χ0v) is 82.8. The van der Waals surface area contributed by atoms with Crippen molar-refractivity contribution in [2.45, 2.75) is 296 Å². The second kappa shape index (κ2) is 57.6. The van der Waals surface area contributed by atoms with Crippen molar-refractivity contribution in [2.75, 3.05) is 157 Å². The first-order chi connectivity index (χ1) is 56.9. The number of nitrogens with zero attached hydrogens (tertiary/aromatic N) is 9. The molecule has 10 fully saturated rings. The average molecular weight is 1890 g/mol. The molecule has 0 bridgehead atoms. The third-order valence-corrected chi connectivity index (χ3v) is 27.4. The molecule has 0 unspecified atom stereocenters. The summed E-state index contributed by atoms with van der Waals surface area (Å²) in [5.41, 5.74) is 3.94. The summed E-state index contributed by atoms with van der Waals surface area (Å²) >= 11 is 7.89. The fraction of sp³-hybridized carbons (Fsp3) is 0.847. The van der Waals surface area contributed by atoms with Crippen LogP contribution in [-0.4, -0.2) is 344 Å². The van der Waals surface area contributed by atoms with Crippen molar-refractivity contribution in [1.29, 1.82) is 0 Å². The van der Waals surface area contributed by atoms with E-state index in [9.17, 15) is 57.5 Å². The van der Waals surface area contributed by atoms with Crippen molar-refractivity contribution in [2.24, 2.45) is 17.6 Å². The summed E-state index contributed by atoms with van der Waals surface area (Å²) in [6.45, 7) is 43.1. The lowest BCUT2D eigenvalue weighted by Crippen LogP contribution is -2.51. The largest absolute Gasteiger partial charge is 0.480 e. The number of Topliss-reactive ketones (excluding diaryl/α,β-unsaturated/α-hetero) is 1. The van der Waals surface area contributed by atoms with E-state index in [0.29, 0.717) is 106 Å². The van der Waals surface area contributed by atoms with Gasteiger partial charge in [0.05, 0.1) is 56.0 Å². The van der Waals surface area contributed by atoms with E-state index in [4.69, 9.17) is 56.6 Å². The van der Waals surface area contributed by atoms with Crippen LogP contribution in [0.2, 0.25) is 0 Å². The summed E-state index contributed by atoms with van der Waals surface area (Å²) in [6.07, 6.45) is 16.7. The van der Waals surface area contributed by atoms with Crippen LogP contribution in [0.25, 0.3) is 0 Å². The van der Waals surface area contributed by atoms with Crippen molar-refractivity contribution in [3.05, 3.63) is 0 Å². The lowest BCUT2D eigenvalue weighted by Gasteiger charge is -2.32. The normalized spacial score (nSPS) is 21.1. The lowest BCUT2D eigenvalue weighted by molar-refractivity contribution is -0.146. The topological polar surface area (TPSA) is 368 Å². The summed E-state index contributed by atoms with van der Waals surface area (Å²) in [5, 5.41) is 21.4. The van der Waals surface area contributed by atoms with Gasteiger partial charge in [0.25, 0.3) is 0 Å². The van der Waals surface area contributed by atoms with E-state index in [2.05, 4.69) is 62.8 Å². The van der Waals surface area contributed by atoms with Crippen LogP contribution in [0.3, 0.4) is 0 Å². The van der Waals surface area contributed by atoms with Gasteiger partial charge < -0.3 is 79.1 Å². The van der Waals surface area contributed by atoms with Gasteiger partial charge in [0, 0.05) is 146 Å². The third-order valence-electron chi connectivity index (χ3n) is 19.6. The number of ether oxygens (including phenoxy) is 6. The summed E-state index contributed by atoms with van der Waals surface area (Å²) in [4.78, 5) is 154. The molecule has 9 amide bonds. The fourth-order valence-corrected chi connectivity index (χ4v) is 18.7. The number of carbonyl (C=O) groups is 12. The Morgan fingerprint density at radius 1 is 0.426 bits per heavy atom. The van der Waals surface area contributed by atoms with Crippen molar-refractivity contribution < 1.29 is 96.2 Å². The van der Waals surface area contributed by atoms with Crippen LogP contribution in [0.4, 0.5) is 14.4 Å². The van der Waals surface area contributed by atoms with Crippen LogP contribution >= 0.6 is 71.3 Å². The maximum absolute atomic E-state index is 12.6. The summed E-state index contributed by atoms with van der Waals surface area (Å²) in [6, 6.07) is -2.06. The number of halogens is 1. The van der Waals surface area contributed by atoms with Crippen LogP contribution in [0, 0.1) is 11.8 Å². The first-order valence-corrected chi connectivity index (χ1v) is 49.5. The minimum atomic E-state index is -0.960. The molecule has 10 aliphatic rings. The van der Waals surface area contributed by atoms with E-state index in [1.54, 1.807) is 123 Å². The molecule has 0 aromatic heterocycles. The Kier molecular flexibility index (Phi) is 53.3. The van der Waals surface area contributed by atoms with Gasteiger partial charge in [-0.25, -0.2) is 24.0 Å². The molecule has 0 radical (unpaired) electrons. The summed E-state index contributed by atoms with van der Waals surface area (Å²) < 4.78 is 31.5. The quantitative estimate of drug-likeness (QED) is 0.0366. The SMILES string of the molecule is C1COCCN1.CC(=O)CBr.CC(C)(C)OC(=O)N1CCC[C@H]1C(=O)O.CC(C)(C)OC(=O)N1CCC[C@H]1C(=O)O.CC(C)(C)OC(=O)N1CCC[C@H]1C(N)=S.CC(C)(C)SSCCC(=O)N1CCC[C@H]1C(=O)N1CCOCC1.CN(C)C(=O)C1CCCC1.CN(C)C(=O)[C@@H]1CCCN1C(=O)CCSSC(C)(C)C.O=C(C1CCCC1)N1CCOCC1. The van der Waals surface area contributed by atoms with Crippen LogP contribution in [0.5, 0.6) is 0 Å². The molecule has 0 spiro atoms. The molecule has 122 heavy (non-hydrogen) atoms. The number of aliphatic carboxylic acids is 2. The van der Waals surface area contributed by atoms with Gasteiger partial charge in [0.2, 0.25) is 35.4 Å². The molecule has 31 nitrogen and oxygen atoms in total. The van der Waals surface area contributed by atoms with Crippen LogP contribution < -0.4 is 11.1 Å². The van der Waals surface area contributed by atoms with Crippen LogP contribution in [0.1, 0.15) is 239 Å². The Bertz CT molecular complexity index is 3070. The second-order valence-electron chi connectivity index (χ2n) is 36.6. The Morgan fingerprint density at radius 3 is 1.03 bits per heavy atom. The first-order valence-electron chi connectivity index (χ1n) is 43.3. The molecule has 5 atom stereocenters. The van der Waals surface area contributed by atoms with Gasteiger partial charge in [-0.05, 0) is 159 Å². The highest BCUT2D eigenvalue weighted by Crippen LogP contribution is 2.37. The number of hydrogen-bond donors (Lipinski definition) is 4. The second-order valence-corrected chi connectivity index (χ2v) is 44.1. The number of thiocarbonyl (C=S) groups is 1. The van der Waals surface area contributed by atoms with Crippen molar-refractivity contribution in [1.82, 2.24) is 49.4 Å². The van der Waals surface area contributed by atoms with Crippen molar-refractivity contribution in [3.8, 4) is 0 Å². The molecule has 8 heterocycles. The number of rotatable bonds is 16. The molecule has 2 saturated carbocycles. The molecular formula is C85H152BrN11O20S5. The number of hydrogen-bond acceptors (Lipinski definition) is 24. The van der Waals surface area contributed by atoms with Gasteiger partial charge in [0.15, 0.2) is 0 Å². The van der Waals surface area contributed by atoms with Crippen molar-refractivity contribution >= 4 is 148 Å².